The lowest BCUT2D eigenvalue weighted by molar-refractivity contribution is -0.390. The molecule has 6 fully saturated rings. The Kier molecular flexibility index (Phi) is 5.10. The molecule has 1 saturated heterocycles. The third-order valence-electron chi connectivity index (χ3n) is 8.85. The van der Waals surface area contributed by atoms with E-state index in [-0.39, 0.29) is 0 Å². The summed E-state index contributed by atoms with van der Waals surface area (Å²) in [6, 6.07) is 8.70. The minimum Gasteiger partial charge on any atom is -0.492 e. The van der Waals surface area contributed by atoms with Gasteiger partial charge in [-0.25, -0.2) is 0 Å². The van der Waals surface area contributed by atoms with Gasteiger partial charge in [-0.2, -0.15) is 9.78 Å². The van der Waals surface area contributed by atoms with Crippen molar-refractivity contribution in [2.45, 2.75) is 75.3 Å². The first-order valence-corrected chi connectivity index (χ1v) is 12.5. The van der Waals surface area contributed by atoms with E-state index in [0.29, 0.717) is 17.8 Å². The highest BCUT2D eigenvalue weighted by atomic mass is 17.3. The predicted octanol–water partition coefficient (Wildman–Crippen LogP) is 5.11. The number of hydrogen-bond donors (Lipinski definition) is 0. The van der Waals surface area contributed by atoms with Gasteiger partial charge in [0.1, 0.15) is 12.4 Å². The SMILES string of the molecule is CN(C)CCOc1ccc([C@H]2CC[C@]3(CC2)OO[C@]2(O3)C3CC4CC(C3)CC2C4)cc1. The highest BCUT2D eigenvalue weighted by Gasteiger charge is 2.66. The van der Waals surface area contributed by atoms with Gasteiger partial charge in [-0.1, -0.05) is 12.1 Å². The lowest BCUT2D eigenvalue weighted by Gasteiger charge is -2.57. The Morgan fingerprint density at radius 2 is 1.55 bits per heavy atom. The van der Waals surface area contributed by atoms with Crippen LogP contribution in [0.1, 0.15) is 69.3 Å². The largest absolute Gasteiger partial charge is 0.492 e. The average molecular weight is 428 g/mol. The highest BCUT2D eigenvalue weighted by molar-refractivity contribution is 5.30. The molecule has 0 atom stereocenters. The molecule has 0 N–H and O–H groups in total. The van der Waals surface area contributed by atoms with Gasteiger partial charge in [-0.05, 0) is 94.5 Å². The van der Waals surface area contributed by atoms with E-state index in [1.54, 1.807) is 0 Å². The summed E-state index contributed by atoms with van der Waals surface area (Å²) in [6.45, 7) is 1.65. The van der Waals surface area contributed by atoms with Crippen LogP contribution >= 0.6 is 0 Å². The monoisotopic (exact) mass is 427 g/mol. The maximum absolute atomic E-state index is 6.85. The van der Waals surface area contributed by atoms with Crippen molar-refractivity contribution in [3.05, 3.63) is 29.8 Å². The lowest BCUT2D eigenvalue weighted by Crippen LogP contribution is -2.59. The van der Waals surface area contributed by atoms with Gasteiger partial charge < -0.3 is 14.4 Å². The molecule has 1 aromatic rings. The third kappa shape index (κ3) is 3.62. The van der Waals surface area contributed by atoms with Gasteiger partial charge in [0.15, 0.2) is 0 Å². The molecule has 1 heterocycles. The topological polar surface area (TPSA) is 40.2 Å². The summed E-state index contributed by atoms with van der Waals surface area (Å²) in [7, 11) is 4.13. The Balaban J connectivity index is 1.07. The zero-order chi connectivity index (χ0) is 21.1. The zero-order valence-corrected chi connectivity index (χ0v) is 19.1. The maximum Gasteiger partial charge on any atom is 0.210 e. The zero-order valence-electron chi connectivity index (χ0n) is 19.1. The van der Waals surface area contributed by atoms with E-state index >= 15 is 0 Å². The van der Waals surface area contributed by atoms with Crippen molar-refractivity contribution in [2.75, 3.05) is 27.2 Å². The molecule has 1 aliphatic heterocycles. The third-order valence-corrected chi connectivity index (χ3v) is 8.85. The van der Waals surface area contributed by atoms with Gasteiger partial charge in [-0.15, -0.1) is 0 Å². The molecule has 5 aliphatic carbocycles. The summed E-state index contributed by atoms with van der Waals surface area (Å²) < 4.78 is 12.7. The van der Waals surface area contributed by atoms with Gasteiger partial charge in [-0.3, -0.25) is 0 Å². The maximum atomic E-state index is 6.85. The van der Waals surface area contributed by atoms with E-state index in [1.165, 1.54) is 37.7 Å². The second kappa shape index (κ2) is 7.72. The summed E-state index contributed by atoms with van der Waals surface area (Å²) >= 11 is 0. The molecular formula is C26H37NO4. The summed E-state index contributed by atoms with van der Waals surface area (Å²) in [5, 5.41) is 0. The molecular weight excluding hydrogens is 390 g/mol. The van der Waals surface area contributed by atoms with Crippen LogP contribution in [0.4, 0.5) is 0 Å². The number of nitrogens with zero attached hydrogens (tertiary/aromatic N) is 1. The van der Waals surface area contributed by atoms with Crippen LogP contribution in [0, 0.1) is 23.7 Å². The Labute approximate surface area is 186 Å². The molecule has 4 bridgehead atoms. The molecule has 6 aliphatic rings. The van der Waals surface area contributed by atoms with Crippen LogP contribution in [-0.2, 0) is 14.5 Å². The normalized spacial score (nSPS) is 43.4. The molecule has 5 nitrogen and oxygen atoms in total. The number of rotatable bonds is 5. The summed E-state index contributed by atoms with van der Waals surface area (Å²) in [5.41, 5.74) is 1.40. The molecule has 0 unspecified atom stereocenters. The fraction of sp³-hybridized carbons (Fsp3) is 0.769. The summed E-state index contributed by atoms with van der Waals surface area (Å²) in [6.07, 6.45) is 10.6. The average Bonchev–Trinajstić information content (AvgIpc) is 3.13. The van der Waals surface area contributed by atoms with Crippen LogP contribution in [0.3, 0.4) is 0 Å². The summed E-state index contributed by atoms with van der Waals surface area (Å²) in [5.74, 6) is 3.46. The van der Waals surface area contributed by atoms with E-state index in [9.17, 15) is 0 Å². The fourth-order valence-corrected chi connectivity index (χ4v) is 7.37. The number of benzene rings is 1. The first-order chi connectivity index (χ1) is 15.0. The number of ether oxygens (including phenoxy) is 2. The van der Waals surface area contributed by atoms with Gasteiger partial charge in [0.2, 0.25) is 11.6 Å². The van der Waals surface area contributed by atoms with Gasteiger partial charge in [0.05, 0.1) is 0 Å². The smallest absolute Gasteiger partial charge is 0.210 e. The van der Waals surface area contributed by atoms with E-state index in [4.69, 9.17) is 19.2 Å². The summed E-state index contributed by atoms with van der Waals surface area (Å²) in [4.78, 5) is 14.4. The molecule has 7 rings (SSSR count). The Morgan fingerprint density at radius 3 is 2.16 bits per heavy atom. The van der Waals surface area contributed by atoms with Gasteiger partial charge in [0, 0.05) is 31.2 Å². The second-order valence-corrected chi connectivity index (χ2v) is 11.2. The molecule has 1 aromatic carbocycles. The molecule has 170 valence electrons. The van der Waals surface area contributed by atoms with Crippen molar-refractivity contribution in [3.8, 4) is 5.75 Å². The quantitative estimate of drug-likeness (QED) is 0.611. The Morgan fingerprint density at radius 1 is 0.903 bits per heavy atom. The predicted molar refractivity (Wildman–Crippen MR) is 117 cm³/mol. The second-order valence-electron chi connectivity index (χ2n) is 11.2. The fourth-order valence-electron chi connectivity index (χ4n) is 7.37. The van der Waals surface area contributed by atoms with Crippen molar-refractivity contribution >= 4 is 0 Å². The van der Waals surface area contributed by atoms with Gasteiger partial charge in [0.25, 0.3) is 0 Å². The first kappa shape index (κ1) is 20.5. The number of hydrogen-bond acceptors (Lipinski definition) is 5. The van der Waals surface area contributed by atoms with Crippen molar-refractivity contribution in [1.29, 1.82) is 0 Å². The molecule has 0 radical (unpaired) electrons. The van der Waals surface area contributed by atoms with Crippen molar-refractivity contribution in [1.82, 2.24) is 4.90 Å². The lowest BCUT2D eigenvalue weighted by atomic mass is 9.53. The first-order valence-electron chi connectivity index (χ1n) is 12.5. The van der Waals surface area contributed by atoms with E-state index in [1.807, 2.05) is 0 Å². The molecule has 0 aromatic heterocycles. The minimum absolute atomic E-state index is 0.439. The van der Waals surface area contributed by atoms with E-state index in [0.717, 1.165) is 56.4 Å². The highest BCUT2D eigenvalue weighted by Crippen LogP contribution is 2.64. The molecule has 0 amide bonds. The standard InChI is InChI=1S/C26H37NO4/c1-27(2)11-12-28-24-5-3-20(4-6-24)21-7-9-25(10-8-21)29-26(31-30-25)22-14-18-13-19(16-22)17-23(26)15-18/h3-6,18-19,21-23H,7-17H2,1-2H3/t18?,19?,21-,22?,23?,25+,26-. The van der Waals surface area contributed by atoms with Crippen molar-refractivity contribution in [2.24, 2.45) is 23.7 Å². The van der Waals surface area contributed by atoms with Crippen LogP contribution in [0.2, 0.25) is 0 Å². The van der Waals surface area contributed by atoms with E-state index in [2.05, 4.69) is 43.3 Å². The minimum atomic E-state index is -0.513. The number of likely N-dealkylation sites (N-methyl/N-ethyl adjacent to an activating group) is 1. The van der Waals surface area contributed by atoms with Crippen LogP contribution in [-0.4, -0.2) is 43.7 Å². The van der Waals surface area contributed by atoms with E-state index < -0.39 is 11.6 Å². The van der Waals surface area contributed by atoms with Crippen LogP contribution in [0.5, 0.6) is 5.75 Å². The van der Waals surface area contributed by atoms with Crippen LogP contribution in [0.25, 0.3) is 0 Å². The van der Waals surface area contributed by atoms with Gasteiger partial charge >= 0.3 is 0 Å². The van der Waals surface area contributed by atoms with Crippen molar-refractivity contribution in [3.63, 3.8) is 0 Å². The Bertz CT molecular complexity index is 755. The Hall–Kier alpha value is -1.14. The van der Waals surface area contributed by atoms with Crippen LogP contribution in [0.15, 0.2) is 24.3 Å². The molecule has 31 heavy (non-hydrogen) atoms. The van der Waals surface area contributed by atoms with Crippen molar-refractivity contribution < 1.29 is 19.2 Å². The van der Waals surface area contributed by atoms with Crippen LogP contribution < -0.4 is 4.74 Å². The molecule has 5 saturated carbocycles. The molecule has 2 spiro atoms. The molecule has 5 heteroatoms.